The molecule has 0 aromatic rings. The van der Waals surface area contributed by atoms with Gasteiger partial charge in [0.15, 0.2) is 0 Å². The molecule has 0 radical (unpaired) electrons. The van der Waals surface area contributed by atoms with Crippen molar-refractivity contribution in [3.05, 3.63) is 0 Å². The Morgan fingerprint density at radius 3 is 2.31 bits per heavy atom. The van der Waals surface area contributed by atoms with E-state index < -0.39 is 0 Å². The molecular weight excluding hydrogens is 160 g/mol. The third-order valence-electron chi connectivity index (χ3n) is 2.45. The second kappa shape index (κ2) is 5.61. The fourth-order valence-corrected chi connectivity index (χ4v) is 2.04. The fraction of sp³-hybridized carbons (Fsp3) is 1.00. The molecule has 0 bridgehead atoms. The summed E-state index contributed by atoms with van der Waals surface area (Å²) in [6, 6.07) is 1.03. The molecule has 0 amide bonds. The van der Waals surface area contributed by atoms with E-state index in [9.17, 15) is 0 Å². The smallest absolute Gasteiger partial charge is 0.0142 e. The first-order valence-corrected chi connectivity index (χ1v) is 5.57. The average Bonchev–Trinajstić information content (AvgIpc) is 2.04. The average molecular weight is 186 g/mol. The van der Waals surface area contributed by atoms with Gasteiger partial charge in [-0.25, -0.2) is 0 Å². The third kappa shape index (κ3) is 4.63. The van der Waals surface area contributed by atoms with Crippen LogP contribution in [0.5, 0.6) is 0 Å². The van der Waals surface area contributed by atoms with Crippen molar-refractivity contribution >= 4 is 0 Å². The zero-order chi connectivity index (χ0) is 10.5. The van der Waals surface area contributed by atoms with Crippen LogP contribution in [0.3, 0.4) is 0 Å². The summed E-state index contributed by atoms with van der Waals surface area (Å²) in [6.45, 7) is 10.7. The van der Waals surface area contributed by atoms with Crippen LogP contribution in [0, 0.1) is 0 Å². The lowest BCUT2D eigenvalue weighted by Crippen LogP contribution is -2.55. The molecule has 1 rings (SSSR count). The van der Waals surface area contributed by atoms with Crippen molar-refractivity contribution in [3.63, 3.8) is 0 Å². The van der Waals surface area contributed by atoms with Gasteiger partial charge < -0.3 is 11.1 Å². The van der Waals surface area contributed by atoms with Gasteiger partial charge in [0.1, 0.15) is 0 Å². The van der Waals surface area contributed by atoms with Crippen LogP contribution in [0.25, 0.3) is 0 Å². The van der Waals surface area contributed by atoms with Crippen LogP contribution in [0.1, 0.15) is 53.9 Å². The Morgan fingerprint density at radius 1 is 1.38 bits per heavy atom. The lowest BCUT2D eigenvalue weighted by atomic mass is 9.85. The lowest BCUT2D eigenvalue weighted by molar-refractivity contribution is 0.216. The number of hydrogen-bond acceptors (Lipinski definition) is 2. The molecule has 2 atom stereocenters. The molecule has 1 heterocycles. The number of nitrogens with one attached hydrogen (secondary N) is 1. The summed E-state index contributed by atoms with van der Waals surface area (Å²) in [5.74, 6) is 0. The zero-order valence-electron chi connectivity index (χ0n) is 9.85. The molecule has 2 nitrogen and oxygen atoms in total. The minimum absolute atomic E-state index is 0.248. The maximum atomic E-state index is 5.94. The first kappa shape index (κ1) is 12.9. The van der Waals surface area contributed by atoms with Crippen LogP contribution in [-0.4, -0.2) is 17.6 Å². The number of nitrogens with two attached hydrogens (primary N) is 1. The van der Waals surface area contributed by atoms with Gasteiger partial charge in [0.2, 0.25) is 0 Å². The van der Waals surface area contributed by atoms with Crippen molar-refractivity contribution in [1.29, 1.82) is 0 Å². The number of piperidine rings is 1. The molecule has 2 heteroatoms. The summed E-state index contributed by atoms with van der Waals surface area (Å²) in [4.78, 5) is 0. The Morgan fingerprint density at radius 2 is 1.92 bits per heavy atom. The van der Waals surface area contributed by atoms with Crippen molar-refractivity contribution in [3.8, 4) is 0 Å². The van der Waals surface area contributed by atoms with E-state index in [1.165, 1.54) is 6.42 Å². The summed E-state index contributed by atoms with van der Waals surface area (Å²) in [5.41, 5.74) is 6.18. The van der Waals surface area contributed by atoms with Gasteiger partial charge in [0.05, 0.1) is 0 Å². The van der Waals surface area contributed by atoms with Crippen molar-refractivity contribution < 1.29 is 0 Å². The van der Waals surface area contributed by atoms with Crippen LogP contribution in [0.2, 0.25) is 0 Å². The Balaban J connectivity index is 0.000000671. The highest BCUT2D eigenvalue weighted by Gasteiger charge is 2.30. The first-order valence-electron chi connectivity index (χ1n) is 5.57. The van der Waals surface area contributed by atoms with Crippen molar-refractivity contribution in [1.82, 2.24) is 5.32 Å². The van der Waals surface area contributed by atoms with E-state index in [1.54, 1.807) is 0 Å². The van der Waals surface area contributed by atoms with Crippen LogP contribution < -0.4 is 11.1 Å². The Bertz CT molecular complexity index is 132. The molecule has 0 aromatic carbocycles. The van der Waals surface area contributed by atoms with Gasteiger partial charge in [-0.2, -0.15) is 0 Å². The monoisotopic (exact) mass is 186 g/mol. The molecule has 0 saturated carbocycles. The summed E-state index contributed by atoms with van der Waals surface area (Å²) in [6.07, 6.45) is 3.43. The lowest BCUT2D eigenvalue weighted by Gasteiger charge is -2.40. The molecule has 2 unspecified atom stereocenters. The number of rotatable bonds is 1. The normalized spacial score (nSPS) is 31.8. The molecule has 0 aromatic heterocycles. The van der Waals surface area contributed by atoms with E-state index in [4.69, 9.17) is 5.73 Å². The molecule has 0 aliphatic carbocycles. The fourth-order valence-electron chi connectivity index (χ4n) is 2.04. The minimum Gasteiger partial charge on any atom is -0.328 e. The second-order valence-electron chi connectivity index (χ2n) is 4.33. The molecule has 80 valence electrons. The van der Waals surface area contributed by atoms with Crippen LogP contribution in [0.4, 0.5) is 0 Å². The molecule has 1 saturated heterocycles. The Hall–Kier alpha value is -0.0800. The molecule has 3 N–H and O–H groups in total. The first-order chi connectivity index (χ1) is 6.03. The summed E-state index contributed by atoms with van der Waals surface area (Å²) < 4.78 is 0. The maximum absolute atomic E-state index is 5.94. The highest BCUT2D eigenvalue weighted by atomic mass is 15.0. The van der Waals surface area contributed by atoms with Gasteiger partial charge in [0.25, 0.3) is 0 Å². The van der Waals surface area contributed by atoms with Gasteiger partial charge >= 0.3 is 0 Å². The van der Waals surface area contributed by atoms with E-state index in [2.05, 4.69) is 26.1 Å². The van der Waals surface area contributed by atoms with E-state index in [0.29, 0.717) is 12.1 Å². The van der Waals surface area contributed by atoms with Crippen molar-refractivity contribution in [2.75, 3.05) is 0 Å². The Labute approximate surface area is 83.3 Å². The molecular formula is C11H26N2. The summed E-state index contributed by atoms with van der Waals surface area (Å²) in [7, 11) is 0. The van der Waals surface area contributed by atoms with Gasteiger partial charge in [-0.15, -0.1) is 0 Å². The molecule has 1 aliphatic heterocycles. The standard InChI is InChI=1S/C9H20N2.C2H6/c1-4-8-5-7(10)6-9(2,3)11-8;1-2/h7-8,11H,4-6,10H2,1-3H3;1-2H3. The molecule has 13 heavy (non-hydrogen) atoms. The molecule has 0 spiro atoms. The third-order valence-corrected chi connectivity index (χ3v) is 2.45. The molecule has 1 fully saturated rings. The number of hydrogen-bond donors (Lipinski definition) is 2. The van der Waals surface area contributed by atoms with E-state index >= 15 is 0 Å². The van der Waals surface area contributed by atoms with E-state index in [-0.39, 0.29) is 5.54 Å². The van der Waals surface area contributed by atoms with Crippen molar-refractivity contribution in [2.24, 2.45) is 5.73 Å². The summed E-state index contributed by atoms with van der Waals surface area (Å²) >= 11 is 0. The van der Waals surface area contributed by atoms with Crippen LogP contribution in [0.15, 0.2) is 0 Å². The van der Waals surface area contributed by atoms with Gasteiger partial charge in [-0.1, -0.05) is 20.8 Å². The van der Waals surface area contributed by atoms with Crippen LogP contribution >= 0.6 is 0 Å². The second-order valence-corrected chi connectivity index (χ2v) is 4.33. The minimum atomic E-state index is 0.248. The summed E-state index contributed by atoms with van der Waals surface area (Å²) in [5, 5.41) is 3.59. The van der Waals surface area contributed by atoms with Gasteiger partial charge in [-0.3, -0.25) is 0 Å². The predicted octanol–water partition coefficient (Wildman–Crippen LogP) is 2.28. The predicted molar refractivity (Wildman–Crippen MR) is 59.9 cm³/mol. The maximum Gasteiger partial charge on any atom is 0.0142 e. The largest absolute Gasteiger partial charge is 0.328 e. The van der Waals surface area contributed by atoms with Gasteiger partial charge in [-0.05, 0) is 33.1 Å². The van der Waals surface area contributed by atoms with Gasteiger partial charge in [0, 0.05) is 17.6 Å². The van der Waals surface area contributed by atoms with E-state index in [1.807, 2.05) is 13.8 Å². The molecule has 1 aliphatic rings. The highest BCUT2D eigenvalue weighted by molar-refractivity contribution is 4.92. The zero-order valence-corrected chi connectivity index (χ0v) is 9.85. The van der Waals surface area contributed by atoms with Crippen LogP contribution in [-0.2, 0) is 0 Å². The topological polar surface area (TPSA) is 38.0 Å². The van der Waals surface area contributed by atoms with Crippen molar-refractivity contribution in [2.45, 2.75) is 71.5 Å². The quantitative estimate of drug-likeness (QED) is 0.659. The van der Waals surface area contributed by atoms with E-state index in [0.717, 1.165) is 12.8 Å². The Kier molecular flexibility index (Phi) is 5.57. The SMILES string of the molecule is CC.CCC1CC(N)CC(C)(C)N1. The highest BCUT2D eigenvalue weighted by Crippen LogP contribution is 2.21.